The Bertz CT molecular complexity index is 133. The maximum atomic E-state index is 5.56. The largest absolute Gasteiger partial charge is 0.379 e. The summed E-state index contributed by atoms with van der Waals surface area (Å²) in [7, 11) is 0. The SMILES string of the molecule is CCOCC(C)OCCC(CN)OCC. The zero-order chi connectivity index (χ0) is 11.5. The van der Waals surface area contributed by atoms with Gasteiger partial charge in [-0.15, -0.1) is 0 Å². The van der Waals surface area contributed by atoms with Crippen molar-refractivity contribution < 1.29 is 14.2 Å². The maximum Gasteiger partial charge on any atom is 0.0780 e. The summed E-state index contributed by atoms with van der Waals surface area (Å²) < 4.78 is 16.2. The summed E-state index contributed by atoms with van der Waals surface area (Å²) in [6.07, 6.45) is 1.11. The Morgan fingerprint density at radius 1 is 1.13 bits per heavy atom. The number of nitrogens with two attached hydrogens (primary N) is 1. The molecule has 0 radical (unpaired) electrons. The fourth-order valence-electron chi connectivity index (χ4n) is 1.24. The number of hydrogen-bond donors (Lipinski definition) is 1. The lowest BCUT2D eigenvalue weighted by atomic mass is 10.2. The maximum absolute atomic E-state index is 5.56. The average molecular weight is 219 g/mol. The van der Waals surface area contributed by atoms with Crippen molar-refractivity contribution in [2.75, 3.05) is 33.0 Å². The van der Waals surface area contributed by atoms with Crippen LogP contribution in [0, 0.1) is 0 Å². The highest BCUT2D eigenvalue weighted by molar-refractivity contribution is 4.58. The highest BCUT2D eigenvalue weighted by Crippen LogP contribution is 2.00. The Balaban J connectivity index is 3.41. The Labute approximate surface area is 93.1 Å². The lowest BCUT2D eigenvalue weighted by Crippen LogP contribution is -2.26. The first-order valence-corrected chi connectivity index (χ1v) is 5.75. The molecular weight excluding hydrogens is 194 g/mol. The number of rotatable bonds is 10. The summed E-state index contributed by atoms with van der Waals surface area (Å²) in [6, 6.07) is 0. The molecule has 4 heteroatoms. The minimum absolute atomic E-state index is 0.120. The summed E-state index contributed by atoms with van der Waals surface area (Å²) in [5.74, 6) is 0. The van der Waals surface area contributed by atoms with Crippen molar-refractivity contribution in [1.29, 1.82) is 0 Å². The summed E-state index contributed by atoms with van der Waals surface area (Å²) in [5.41, 5.74) is 5.55. The van der Waals surface area contributed by atoms with Crippen LogP contribution >= 0.6 is 0 Å². The van der Waals surface area contributed by atoms with Crippen LogP contribution in [-0.2, 0) is 14.2 Å². The van der Waals surface area contributed by atoms with Crippen LogP contribution in [-0.4, -0.2) is 45.2 Å². The predicted molar refractivity (Wildman–Crippen MR) is 61.0 cm³/mol. The summed E-state index contributed by atoms with van der Waals surface area (Å²) >= 11 is 0. The smallest absolute Gasteiger partial charge is 0.0780 e. The van der Waals surface area contributed by atoms with Crippen LogP contribution < -0.4 is 5.73 Å². The molecule has 0 saturated carbocycles. The first-order valence-electron chi connectivity index (χ1n) is 5.75. The number of hydrogen-bond acceptors (Lipinski definition) is 4. The molecule has 0 heterocycles. The first kappa shape index (κ1) is 14.8. The summed E-state index contributed by atoms with van der Waals surface area (Å²) in [6.45, 7) is 9.28. The van der Waals surface area contributed by atoms with Gasteiger partial charge in [-0.1, -0.05) is 0 Å². The Morgan fingerprint density at radius 2 is 1.87 bits per heavy atom. The second-order valence-corrected chi connectivity index (χ2v) is 3.44. The molecule has 2 N–H and O–H groups in total. The standard InChI is InChI=1S/C11H25NO3/c1-4-13-9-10(3)15-7-6-11(8-12)14-5-2/h10-11H,4-9,12H2,1-3H3. The second kappa shape index (κ2) is 10.4. The Morgan fingerprint density at radius 3 is 2.40 bits per heavy atom. The Kier molecular flexibility index (Phi) is 10.3. The van der Waals surface area contributed by atoms with Crippen molar-refractivity contribution in [1.82, 2.24) is 0 Å². The second-order valence-electron chi connectivity index (χ2n) is 3.44. The van der Waals surface area contributed by atoms with E-state index in [2.05, 4.69) is 0 Å². The van der Waals surface area contributed by atoms with Gasteiger partial charge < -0.3 is 19.9 Å². The van der Waals surface area contributed by atoms with E-state index in [0.717, 1.165) is 13.0 Å². The van der Waals surface area contributed by atoms with E-state index in [-0.39, 0.29) is 12.2 Å². The predicted octanol–water partition coefficient (Wildman–Crippen LogP) is 1.18. The van der Waals surface area contributed by atoms with Gasteiger partial charge in [0.2, 0.25) is 0 Å². The number of ether oxygens (including phenoxy) is 3. The van der Waals surface area contributed by atoms with Gasteiger partial charge in [0.05, 0.1) is 18.8 Å². The normalized spacial score (nSPS) is 15.2. The van der Waals surface area contributed by atoms with Crippen LogP contribution in [0.3, 0.4) is 0 Å². The van der Waals surface area contributed by atoms with Crippen LogP contribution in [0.2, 0.25) is 0 Å². The molecule has 0 saturated heterocycles. The van der Waals surface area contributed by atoms with Gasteiger partial charge >= 0.3 is 0 Å². The van der Waals surface area contributed by atoms with Crippen LogP contribution in [0.25, 0.3) is 0 Å². The van der Waals surface area contributed by atoms with Gasteiger partial charge in [0, 0.05) is 26.4 Å². The van der Waals surface area contributed by atoms with Crippen LogP contribution in [0.1, 0.15) is 27.2 Å². The van der Waals surface area contributed by atoms with E-state index in [1.165, 1.54) is 0 Å². The van der Waals surface area contributed by atoms with E-state index in [0.29, 0.717) is 26.4 Å². The highest BCUT2D eigenvalue weighted by atomic mass is 16.5. The molecule has 0 aliphatic heterocycles. The third-order valence-corrected chi connectivity index (χ3v) is 2.06. The van der Waals surface area contributed by atoms with Crippen molar-refractivity contribution in [3.63, 3.8) is 0 Å². The van der Waals surface area contributed by atoms with Gasteiger partial charge in [0.15, 0.2) is 0 Å². The molecule has 92 valence electrons. The third kappa shape index (κ3) is 8.81. The van der Waals surface area contributed by atoms with Crippen molar-refractivity contribution >= 4 is 0 Å². The topological polar surface area (TPSA) is 53.7 Å². The molecule has 0 aliphatic rings. The van der Waals surface area contributed by atoms with E-state index in [1.54, 1.807) is 0 Å². The molecule has 4 nitrogen and oxygen atoms in total. The van der Waals surface area contributed by atoms with Crippen LogP contribution in [0.4, 0.5) is 0 Å². The molecule has 0 spiro atoms. The molecule has 0 fully saturated rings. The summed E-state index contributed by atoms with van der Waals surface area (Å²) in [5, 5.41) is 0. The first-order chi connectivity index (χ1) is 7.24. The van der Waals surface area contributed by atoms with E-state index < -0.39 is 0 Å². The van der Waals surface area contributed by atoms with Crippen molar-refractivity contribution in [2.45, 2.75) is 39.4 Å². The minimum atomic E-state index is 0.120. The molecule has 2 unspecified atom stereocenters. The van der Waals surface area contributed by atoms with Crippen LogP contribution in [0.15, 0.2) is 0 Å². The van der Waals surface area contributed by atoms with E-state index in [4.69, 9.17) is 19.9 Å². The van der Waals surface area contributed by atoms with E-state index in [1.807, 2.05) is 20.8 Å². The fourth-order valence-corrected chi connectivity index (χ4v) is 1.24. The van der Waals surface area contributed by atoms with Gasteiger partial charge in [-0.25, -0.2) is 0 Å². The zero-order valence-corrected chi connectivity index (χ0v) is 10.2. The van der Waals surface area contributed by atoms with E-state index in [9.17, 15) is 0 Å². The van der Waals surface area contributed by atoms with Gasteiger partial charge in [-0.3, -0.25) is 0 Å². The lowest BCUT2D eigenvalue weighted by molar-refractivity contribution is -0.0233. The molecule has 2 atom stereocenters. The minimum Gasteiger partial charge on any atom is -0.379 e. The van der Waals surface area contributed by atoms with E-state index >= 15 is 0 Å². The third-order valence-electron chi connectivity index (χ3n) is 2.06. The fraction of sp³-hybridized carbons (Fsp3) is 1.00. The van der Waals surface area contributed by atoms with Crippen molar-refractivity contribution in [3.8, 4) is 0 Å². The Hall–Kier alpha value is -0.160. The molecule has 0 amide bonds. The molecule has 0 aliphatic carbocycles. The van der Waals surface area contributed by atoms with Gasteiger partial charge in [0.25, 0.3) is 0 Å². The van der Waals surface area contributed by atoms with Gasteiger partial charge in [-0.2, -0.15) is 0 Å². The van der Waals surface area contributed by atoms with Gasteiger partial charge in [-0.05, 0) is 27.2 Å². The quantitative estimate of drug-likeness (QED) is 0.599. The van der Waals surface area contributed by atoms with Crippen molar-refractivity contribution in [3.05, 3.63) is 0 Å². The molecule has 0 bridgehead atoms. The monoisotopic (exact) mass is 219 g/mol. The summed E-state index contributed by atoms with van der Waals surface area (Å²) in [4.78, 5) is 0. The molecule has 0 rings (SSSR count). The molecular formula is C11H25NO3. The highest BCUT2D eigenvalue weighted by Gasteiger charge is 2.07. The van der Waals surface area contributed by atoms with Crippen molar-refractivity contribution in [2.24, 2.45) is 5.73 Å². The molecule has 0 aromatic carbocycles. The average Bonchev–Trinajstić information content (AvgIpc) is 2.25. The van der Waals surface area contributed by atoms with Crippen LogP contribution in [0.5, 0.6) is 0 Å². The van der Waals surface area contributed by atoms with Gasteiger partial charge in [0.1, 0.15) is 0 Å². The molecule has 0 aromatic heterocycles. The lowest BCUT2D eigenvalue weighted by Gasteiger charge is -2.17. The molecule has 0 aromatic rings. The zero-order valence-electron chi connectivity index (χ0n) is 10.2. The molecule has 15 heavy (non-hydrogen) atoms.